The van der Waals surface area contributed by atoms with Crippen LogP contribution in [0.25, 0.3) is 10.2 Å². The fourth-order valence-electron chi connectivity index (χ4n) is 1.95. The summed E-state index contributed by atoms with van der Waals surface area (Å²) in [5, 5.41) is 2.41. The summed E-state index contributed by atoms with van der Waals surface area (Å²) in [6, 6.07) is 3.30. The van der Waals surface area contributed by atoms with Gasteiger partial charge >= 0.3 is 0 Å². The molecule has 0 aliphatic rings. The molecule has 0 fully saturated rings. The van der Waals surface area contributed by atoms with Crippen molar-refractivity contribution in [1.29, 1.82) is 0 Å². The normalized spacial score (nSPS) is 11.1. The van der Waals surface area contributed by atoms with Crippen molar-refractivity contribution >= 4 is 39.0 Å². The van der Waals surface area contributed by atoms with E-state index in [1.54, 1.807) is 12.1 Å². The number of aromatic nitrogens is 3. The first kappa shape index (κ1) is 13.1. The van der Waals surface area contributed by atoms with Crippen molar-refractivity contribution in [3.8, 4) is 0 Å². The van der Waals surface area contributed by atoms with E-state index in [0.29, 0.717) is 21.2 Å². The Bertz CT molecular complexity index is 855. The van der Waals surface area contributed by atoms with Crippen LogP contribution in [0.5, 0.6) is 0 Å². The summed E-state index contributed by atoms with van der Waals surface area (Å²) in [7, 11) is 0. The van der Waals surface area contributed by atoms with Crippen LogP contribution in [0.4, 0.5) is 5.82 Å². The number of pyridine rings is 1. The molecule has 102 valence electrons. The number of nitrogens with two attached hydrogens (primary N) is 1. The number of anilines is 1. The fourth-order valence-corrected chi connectivity index (χ4v) is 3.06. The van der Waals surface area contributed by atoms with Crippen molar-refractivity contribution < 1.29 is 0 Å². The highest BCUT2D eigenvalue weighted by molar-refractivity contribution is 7.17. The topological polar surface area (TPSA) is 73.8 Å². The number of thiophene rings is 1. The number of aryl methyl sites for hydroxylation is 1. The van der Waals surface area contributed by atoms with E-state index < -0.39 is 0 Å². The minimum atomic E-state index is -0.0895. The molecule has 0 unspecified atom stereocenters. The van der Waals surface area contributed by atoms with Gasteiger partial charge in [0, 0.05) is 0 Å². The number of halogens is 1. The second-order valence-electron chi connectivity index (χ2n) is 4.44. The van der Waals surface area contributed by atoms with E-state index in [2.05, 4.69) is 9.97 Å². The third-order valence-corrected chi connectivity index (χ3v) is 4.40. The van der Waals surface area contributed by atoms with Gasteiger partial charge in [-0.05, 0) is 30.0 Å². The van der Waals surface area contributed by atoms with Crippen LogP contribution in [0.3, 0.4) is 0 Å². The first-order valence-electron chi connectivity index (χ1n) is 5.90. The Kier molecular flexibility index (Phi) is 3.19. The van der Waals surface area contributed by atoms with Gasteiger partial charge in [0.05, 0.1) is 29.1 Å². The van der Waals surface area contributed by atoms with E-state index >= 15 is 0 Å². The molecule has 0 radical (unpaired) electrons. The lowest BCUT2D eigenvalue weighted by Gasteiger charge is -2.07. The van der Waals surface area contributed by atoms with E-state index in [1.807, 2.05) is 12.3 Å². The number of nitrogen functional groups attached to an aromatic ring is 1. The molecule has 2 N–H and O–H groups in total. The largest absolute Gasteiger partial charge is 0.384 e. The van der Waals surface area contributed by atoms with E-state index in [4.69, 9.17) is 17.3 Å². The van der Waals surface area contributed by atoms with Gasteiger partial charge in [-0.3, -0.25) is 9.36 Å². The summed E-state index contributed by atoms with van der Waals surface area (Å²) >= 11 is 7.47. The summed E-state index contributed by atoms with van der Waals surface area (Å²) in [5.41, 5.74) is 7.87. The molecule has 5 nitrogen and oxygen atoms in total. The molecule has 0 aliphatic heterocycles. The lowest BCUT2D eigenvalue weighted by atomic mass is 10.3. The fraction of sp³-hybridized carbons (Fsp3) is 0.154. The Balaban J connectivity index is 2.09. The Morgan fingerprint density at radius 1 is 1.45 bits per heavy atom. The van der Waals surface area contributed by atoms with Crippen LogP contribution >= 0.6 is 22.9 Å². The lowest BCUT2D eigenvalue weighted by Crippen LogP contribution is -2.21. The number of hydrogen-bond donors (Lipinski definition) is 1. The molecule has 0 saturated carbocycles. The Morgan fingerprint density at radius 2 is 2.25 bits per heavy atom. The van der Waals surface area contributed by atoms with Crippen LogP contribution in [-0.2, 0) is 6.54 Å². The molecule has 3 heterocycles. The van der Waals surface area contributed by atoms with Gasteiger partial charge in [-0.25, -0.2) is 9.97 Å². The Labute approximate surface area is 123 Å². The molecular weight excluding hydrogens is 296 g/mol. The Morgan fingerprint density at radius 3 is 3.05 bits per heavy atom. The summed E-state index contributed by atoms with van der Waals surface area (Å²) in [6.07, 6.45) is 1.52. The van der Waals surface area contributed by atoms with E-state index in [-0.39, 0.29) is 12.1 Å². The van der Waals surface area contributed by atoms with Crippen LogP contribution in [0.2, 0.25) is 5.02 Å². The van der Waals surface area contributed by atoms with Gasteiger partial charge in [0.1, 0.15) is 10.5 Å². The molecule has 20 heavy (non-hydrogen) atoms. The molecule has 0 aromatic carbocycles. The van der Waals surface area contributed by atoms with Crippen molar-refractivity contribution in [1.82, 2.24) is 14.5 Å². The first-order valence-corrected chi connectivity index (χ1v) is 7.16. The molecule has 0 saturated heterocycles. The predicted molar refractivity (Wildman–Crippen MR) is 81.4 cm³/mol. The smallest absolute Gasteiger partial charge is 0.271 e. The van der Waals surface area contributed by atoms with Gasteiger partial charge in [0.25, 0.3) is 5.56 Å². The molecule has 7 heteroatoms. The van der Waals surface area contributed by atoms with Crippen molar-refractivity contribution in [3.05, 3.63) is 50.5 Å². The highest BCUT2D eigenvalue weighted by Crippen LogP contribution is 2.20. The summed E-state index contributed by atoms with van der Waals surface area (Å²) in [6.45, 7) is 2.19. The van der Waals surface area contributed by atoms with Crippen LogP contribution in [0, 0.1) is 6.92 Å². The summed E-state index contributed by atoms with van der Waals surface area (Å²) < 4.78 is 2.14. The number of nitrogens with zero attached hydrogens (tertiary/aromatic N) is 3. The molecule has 0 atom stereocenters. The summed E-state index contributed by atoms with van der Waals surface area (Å²) in [5.74, 6) is 0.374. The van der Waals surface area contributed by atoms with Crippen molar-refractivity contribution in [2.24, 2.45) is 0 Å². The average Bonchev–Trinajstić information content (AvgIpc) is 2.79. The lowest BCUT2D eigenvalue weighted by molar-refractivity contribution is 0.732. The highest BCUT2D eigenvalue weighted by Gasteiger charge is 2.10. The third kappa shape index (κ3) is 2.17. The Hall–Kier alpha value is -1.92. The number of rotatable bonds is 2. The van der Waals surface area contributed by atoms with Gasteiger partial charge < -0.3 is 5.73 Å². The van der Waals surface area contributed by atoms with Crippen LogP contribution < -0.4 is 11.3 Å². The number of hydrogen-bond acceptors (Lipinski definition) is 5. The maximum Gasteiger partial charge on any atom is 0.271 e. The van der Waals surface area contributed by atoms with Crippen LogP contribution in [0.1, 0.15) is 11.3 Å². The first-order chi connectivity index (χ1) is 9.56. The zero-order valence-corrected chi connectivity index (χ0v) is 12.2. The molecule has 0 bridgehead atoms. The minimum Gasteiger partial charge on any atom is -0.384 e. The van der Waals surface area contributed by atoms with Gasteiger partial charge in [0.15, 0.2) is 0 Å². The third-order valence-electron chi connectivity index (χ3n) is 2.98. The van der Waals surface area contributed by atoms with E-state index in [0.717, 1.165) is 11.1 Å². The van der Waals surface area contributed by atoms with Gasteiger partial charge in [-0.15, -0.1) is 11.3 Å². The molecule has 3 aromatic rings. The SMILES string of the molecule is Cc1csc2c(=O)n(Cc3nc(N)ccc3Cl)cnc12. The standard InChI is InChI=1S/C13H11ClN4OS/c1-7-5-20-12-11(7)16-6-18(13(12)19)4-9-8(14)2-3-10(15)17-9/h2-3,5-6H,4H2,1H3,(H2,15,17). The van der Waals surface area contributed by atoms with Crippen molar-refractivity contribution in [2.75, 3.05) is 5.73 Å². The number of fused-ring (bicyclic) bond motifs is 1. The maximum atomic E-state index is 12.4. The zero-order chi connectivity index (χ0) is 14.3. The monoisotopic (exact) mass is 306 g/mol. The van der Waals surface area contributed by atoms with Crippen LogP contribution in [0.15, 0.2) is 28.6 Å². The van der Waals surface area contributed by atoms with Gasteiger partial charge in [0.2, 0.25) is 0 Å². The second kappa shape index (κ2) is 4.88. The molecule has 3 rings (SSSR count). The maximum absolute atomic E-state index is 12.4. The second-order valence-corrected chi connectivity index (χ2v) is 5.73. The quantitative estimate of drug-likeness (QED) is 0.789. The molecule has 0 aliphatic carbocycles. The predicted octanol–water partition coefficient (Wildman–Crippen LogP) is 2.45. The van der Waals surface area contributed by atoms with E-state index in [9.17, 15) is 4.79 Å². The zero-order valence-electron chi connectivity index (χ0n) is 10.6. The van der Waals surface area contributed by atoms with Gasteiger partial charge in [-0.2, -0.15) is 0 Å². The van der Waals surface area contributed by atoms with Crippen molar-refractivity contribution in [2.45, 2.75) is 13.5 Å². The van der Waals surface area contributed by atoms with Gasteiger partial charge in [-0.1, -0.05) is 11.6 Å². The minimum absolute atomic E-state index is 0.0895. The van der Waals surface area contributed by atoms with Crippen LogP contribution in [-0.4, -0.2) is 14.5 Å². The summed E-state index contributed by atoms with van der Waals surface area (Å²) in [4.78, 5) is 20.9. The molecule has 0 amide bonds. The average molecular weight is 307 g/mol. The van der Waals surface area contributed by atoms with E-state index in [1.165, 1.54) is 22.2 Å². The highest BCUT2D eigenvalue weighted by atomic mass is 35.5. The molecule has 3 aromatic heterocycles. The molecular formula is C13H11ClN4OS. The molecule has 0 spiro atoms. The van der Waals surface area contributed by atoms with Crippen molar-refractivity contribution in [3.63, 3.8) is 0 Å².